The third-order valence-electron chi connectivity index (χ3n) is 2.81. The van der Waals surface area contributed by atoms with Crippen LogP contribution in [0.5, 0.6) is 0 Å². The first kappa shape index (κ1) is 14.6. The monoisotopic (exact) mass is 277 g/mol. The topological polar surface area (TPSA) is 83.4 Å². The summed E-state index contributed by atoms with van der Waals surface area (Å²) in [5, 5.41) is 3.93. The Labute approximate surface area is 117 Å². The van der Waals surface area contributed by atoms with Crippen molar-refractivity contribution in [1.82, 2.24) is 10.1 Å². The van der Waals surface area contributed by atoms with Gasteiger partial charge in [0.15, 0.2) is 5.82 Å². The van der Waals surface area contributed by atoms with Crippen molar-refractivity contribution in [3.63, 3.8) is 0 Å². The number of hydrogen-bond acceptors (Lipinski definition) is 6. The van der Waals surface area contributed by atoms with E-state index < -0.39 is 0 Å². The average Bonchev–Trinajstić information content (AvgIpc) is 2.96. The smallest absolute Gasteiger partial charge is 0.257 e. The molecule has 0 bridgehead atoms. The zero-order chi connectivity index (χ0) is 14.2. The SMILES string of the molecule is COCCOCCc1noc(-c2ccc(CN)cc2)n1. The molecule has 108 valence electrons. The van der Waals surface area contributed by atoms with Crippen LogP contribution in [0.25, 0.3) is 11.5 Å². The van der Waals surface area contributed by atoms with Gasteiger partial charge >= 0.3 is 0 Å². The van der Waals surface area contributed by atoms with Crippen LogP contribution in [-0.4, -0.2) is 37.1 Å². The van der Waals surface area contributed by atoms with E-state index in [-0.39, 0.29) is 0 Å². The minimum Gasteiger partial charge on any atom is -0.382 e. The van der Waals surface area contributed by atoms with Crippen molar-refractivity contribution >= 4 is 0 Å². The van der Waals surface area contributed by atoms with E-state index in [4.69, 9.17) is 19.7 Å². The second kappa shape index (κ2) is 7.74. The van der Waals surface area contributed by atoms with Crippen LogP contribution in [0.1, 0.15) is 11.4 Å². The van der Waals surface area contributed by atoms with Gasteiger partial charge in [0.2, 0.25) is 0 Å². The van der Waals surface area contributed by atoms with Crippen LogP contribution in [0.15, 0.2) is 28.8 Å². The van der Waals surface area contributed by atoms with Gasteiger partial charge in [0.05, 0.1) is 19.8 Å². The lowest BCUT2D eigenvalue weighted by molar-refractivity contribution is 0.0714. The van der Waals surface area contributed by atoms with Crippen molar-refractivity contribution < 1.29 is 14.0 Å². The normalized spacial score (nSPS) is 10.9. The lowest BCUT2D eigenvalue weighted by atomic mass is 10.1. The number of nitrogens with two attached hydrogens (primary N) is 1. The summed E-state index contributed by atoms with van der Waals surface area (Å²) >= 11 is 0. The van der Waals surface area contributed by atoms with Crippen LogP contribution in [0.2, 0.25) is 0 Å². The molecule has 0 aliphatic carbocycles. The van der Waals surface area contributed by atoms with Crippen molar-refractivity contribution in [3.05, 3.63) is 35.7 Å². The molecule has 0 unspecified atom stereocenters. The number of nitrogens with zero attached hydrogens (tertiary/aromatic N) is 2. The Morgan fingerprint density at radius 2 is 1.95 bits per heavy atom. The fourth-order valence-electron chi connectivity index (χ4n) is 1.66. The maximum absolute atomic E-state index is 5.56. The first-order valence-electron chi connectivity index (χ1n) is 6.52. The fraction of sp³-hybridized carbons (Fsp3) is 0.429. The fourth-order valence-corrected chi connectivity index (χ4v) is 1.66. The Kier molecular flexibility index (Phi) is 5.67. The van der Waals surface area contributed by atoms with E-state index in [1.54, 1.807) is 7.11 Å². The minimum absolute atomic E-state index is 0.514. The molecule has 2 aromatic rings. The number of methoxy groups -OCH3 is 1. The van der Waals surface area contributed by atoms with Gasteiger partial charge < -0.3 is 19.7 Å². The maximum Gasteiger partial charge on any atom is 0.257 e. The zero-order valence-electron chi connectivity index (χ0n) is 11.5. The summed E-state index contributed by atoms with van der Waals surface area (Å²) in [6.07, 6.45) is 0.619. The third-order valence-corrected chi connectivity index (χ3v) is 2.81. The van der Waals surface area contributed by atoms with Gasteiger partial charge in [-0.25, -0.2) is 0 Å². The van der Waals surface area contributed by atoms with Crippen LogP contribution < -0.4 is 5.73 Å². The van der Waals surface area contributed by atoms with Gasteiger partial charge in [0.1, 0.15) is 0 Å². The molecule has 20 heavy (non-hydrogen) atoms. The first-order chi connectivity index (χ1) is 9.83. The summed E-state index contributed by atoms with van der Waals surface area (Å²) < 4.78 is 15.5. The molecule has 0 atom stereocenters. The van der Waals surface area contributed by atoms with E-state index in [0.717, 1.165) is 11.1 Å². The molecule has 0 amide bonds. The Bertz CT molecular complexity index is 511. The number of ether oxygens (including phenoxy) is 2. The number of benzene rings is 1. The van der Waals surface area contributed by atoms with Crippen LogP contribution >= 0.6 is 0 Å². The number of aromatic nitrogens is 2. The second-order valence-corrected chi connectivity index (χ2v) is 4.27. The zero-order valence-corrected chi connectivity index (χ0v) is 11.5. The second-order valence-electron chi connectivity index (χ2n) is 4.27. The molecule has 0 saturated heterocycles. The van der Waals surface area contributed by atoms with Crippen molar-refractivity contribution in [3.8, 4) is 11.5 Å². The number of hydrogen-bond donors (Lipinski definition) is 1. The summed E-state index contributed by atoms with van der Waals surface area (Å²) in [4.78, 5) is 4.33. The molecule has 2 rings (SSSR count). The van der Waals surface area contributed by atoms with Crippen molar-refractivity contribution in [1.29, 1.82) is 0 Å². The van der Waals surface area contributed by atoms with Gasteiger partial charge in [-0.15, -0.1) is 0 Å². The lowest BCUT2D eigenvalue weighted by Crippen LogP contribution is -2.05. The summed E-state index contributed by atoms with van der Waals surface area (Å²) in [5.41, 5.74) is 7.52. The predicted molar refractivity (Wildman–Crippen MR) is 74.0 cm³/mol. The van der Waals surface area contributed by atoms with Crippen LogP contribution in [0.4, 0.5) is 0 Å². The van der Waals surface area contributed by atoms with Gasteiger partial charge in [-0.2, -0.15) is 4.98 Å². The Hall–Kier alpha value is -1.76. The Morgan fingerprint density at radius 3 is 2.65 bits per heavy atom. The highest BCUT2D eigenvalue weighted by Crippen LogP contribution is 2.17. The van der Waals surface area contributed by atoms with Crippen molar-refractivity contribution in [2.24, 2.45) is 5.73 Å². The molecule has 1 aromatic heterocycles. The predicted octanol–water partition coefficient (Wildman–Crippen LogP) is 1.40. The molecule has 6 heteroatoms. The molecule has 2 N–H and O–H groups in total. The van der Waals surface area contributed by atoms with E-state index >= 15 is 0 Å². The summed E-state index contributed by atoms with van der Waals surface area (Å²) in [5.74, 6) is 1.15. The number of rotatable bonds is 8. The maximum atomic E-state index is 5.56. The van der Waals surface area contributed by atoms with E-state index in [9.17, 15) is 0 Å². The lowest BCUT2D eigenvalue weighted by Gasteiger charge is -2.00. The highest BCUT2D eigenvalue weighted by atomic mass is 16.5. The van der Waals surface area contributed by atoms with E-state index in [1.165, 1.54) is 0 Å². The van der Waals surface area contributed by atoms with Gasteiger partial charge in [-0.1, -0.05) is 17.3 Å². The molecule has 0 aliphatic rings. The van der Waals surface area contributed by atoms with Gasteiger partial charge in [-0.3, -0.25) is 0 Å². The highest BCUT2D eigenvalue weighted by molar-refractivity contribution is 5.53. The molecule has 0 fully saturated rings. The molecule has 0 aliphatic heterocycles. The van der Waals surface area contributed by atoms with Crippen LogP contribution in [0.3, 0.4) is 0 Å². The van der Waals surface area contributed by atoms with Crippen LogP contribution in [0, 0.1) is 0 Å². The molecule has 0 spiro atoms. The Balaban J connectivity index is 1.87. The molecule has 0 saturated carbocycles. The molecular weight excluding hydrogens is 258 g/mol. The molecular formula is C14H19N3O3. The van der Waals surface area contributed by atoms with E-state index in [2.05, 4.69) is 10.1 Å². The standard InChI is InChI=1S/C14H19N3O3/c1-18-8-9-19-7-6-13-16-14(20-17-13)12-4-2-11(10-15)3-5-12/h2-5H,6-10,15H2,1H3. The van der Waals surface area contributed by atoms with Gasteiger partial charge in [-0.05, 0) is 17.7 Å². The Morgan fingerprint density at radius 1 is 1.15 bits per heavy atom. The summed E-state index contributed by atoms with van der Waals surface area (Å²) in [6.45, 7) is 2.23. The van der Waals surface area contributed by atoms with Crippen molar-refractivity contribution in [2.45, 2.75) is 13.0 Å². The molecule has 0 radical (unpaired) electrons. The van der Waals surface area contributed by atoms with Crippen molar-refractivity contribution in [2.75, 3.05) is 26.9 Å². The molecule has 1 heterocycles. The van der Waals surface area contributed by atoms with Gasteiger partial charge in [0, 0.05) is 25.6 Å². The van der Waals surface area contributed by atoms with E-state index in [0.29, 0.717) is 44.5 Å². The third kappa shape index (κ3) is 4.12. The van der Waals surface area contributed by atoms with E-state index in [1.807, 2.05) is 24.3 Å². The average molecular weight is 277 g/mol. The molecule has 6 nitrogen and oxygen atoms in total. The highest BCUT2D eigenvalue weighted by Gasteiger charge is 2.08. The van der Waals surface area contributed by atoms with Crippen LogP contribution in [-0.2, 0) is 22.4 Å². The summed E-state index contributed by atoms with van der Waals surface area (Å²) in [6, 6.07) is 7.75. The largest absolute Gasteiger partial charge is 0.382 e. The van der Waals surface area contributed by atoms with Gasteiger partial charge in [0.25, 0.3) is 5.89 Å². The molecule has 1 aromatic carbocycles. The summed E-state index contributed by atoms with van der Waals surface area (Å²) in [7, 11) is 1.64. The minimum atomic E-state index is 0.514. The quantitative estimate of drug-likeness (QED) is 0.734. The first-order valence-corrected chi connectivity index (χ1v) is 6.52.